The Bertz CT molecular complexity index is 1320. The van der Waals surface area contributed by atoms with E-state index in [0.29, 0.717) is 11.3 Å². The zero-order chi connectivity index (χ0) is 24.6. The van der Waals surface area contributed by atoms with Gasteiger partial charge in [-0.1, -0.05) is 65.7 Å². The van der Waals surface area contributed by atoms with Gasteiger partial charge >= 0.3 is 0 Å². The number of aliphatic hydroxyl groups excluding tert-OH is 1. The zero-order valence-corrected chi connectivity index (χ0v) is 20.1. The number of benzene rings is 3. The summed E-state index contributed by atoms with van der Waals surface area (Å²) in [5, 5.41) is 11.6. The number of hydrogen-bond donors (Lipinski definition) is 1. The van der Waals surface area contributed by atoms with Crippen LogP contribution in [0, 0.1) is 6.92 Å². The van der Waals surface area contributed by atoms with E-state index < -0.39 is 23.5 Å². The Balaban J connectivity index is 2.01. The molecule has 1 aliphatic rings. The van der Waals surface area contributed by atoms with Gasteiger partial charge in [0.2, 0.25) is 0 Å². The van der Waals surface area contributed by atoms with E-state index in [2.05, 4.69) is 0 Å². The van der Waals surface area contributed by atoms with Crippen molar-refractivity contribution in [2.24, 2.45) is 0 Å². The third-order valence-corrected chi connectivity index (χ3v) is 6.26. The standard InChI is InChI=1S/C26H21Cl2NO5/c1-14-8-7-11-16(12-14)29-21(15-9-5-4-6-10-15)19(23(31)26(29)32)22(30)17-13-18(27)25(34-3)20(28)24(17)33-2/h4-13,21,30H,1-3H3/b22-19+. The van der Waals surface area contributed by atoms with Crippen molar-refractivity contribution < 1.29 is 24.2 Å². The SMILES string of the molecule is COc1c(Cl)cc(/C(O)=C2\C(=O)C(=O)N(c3cccc(C)c3)C2c2ccccc2)c(OC)c1Cl. The van der Waals surface area contributed by atoms with E-state index >= 15 is 0 Å². The molecule has 8 heteroatoms. The van der Waals surface area contributed by atoms with Crippen LogP contribution in [-0.2, 0) is 9.59 Å². The van der Waals surface area contributed by atoms with Gasteiger partial charge in [-0.2, -0.15) is 0 Å². The lowest BCUT2D eigenvalue weighted by Crippen LogP contribution is -2.29. The molecular weight excluding hydrogens is 477 g/mol. The number of rotatable bonds is 5. The second-order valence-electron chi connectivity index (χ2n) is 7.71. The minimum Gasteiger partial charge on any atom is -0.507 e. The molecule has 0 aromatic heterocycles. The molecule has 1 atom stereocenters. The average Bonchev–Trinajstić information content (AvgIpc) is 3.09. The lowest BCUT2D eigenvalue weighted by molar-refractivity contribution is -0.132. The van der Waals surface area contributed by atoms with E-state index in [9.17, 15) is 14.7 Å². The molecule has 6 nitrogen and oxygen atoms in total. The number of Topliss-reactive ketones (excluding diaryl/α,β-unsaturated/α-hetero) is 1. The average molecular weight is 498 g/mol. The molecule has 1 saturated heterocycles. The number of amides is 1. The van der Waals surface area contributed by atoms with Crippen molar-refractivity contribution in [2.75, 3.05) is 19.1 Å². The van der Waals surface area contributed by atoms with Crippen LogP contribution in [-0.4, -0.2) is 31.0 Å². The highest BCUT2D eigenvalue weighted by molar-refractivity contribution is 6.52. The van der Waals surface area contributed by atoms with Crippen molar-refractivity contribution in [1.29, 1.82) is 0 Å². The van der Waals surface area contributed by atoms with Crippen LogP contribution in [0.4, 0.5) is 5.69 Å². The molecule has 3 aromatic carbocycles. The number of anilines is 1. The molecule has 174 valence electrons. The largest absolute Gasteiger partial charge is 0.507 e. The molecule has 1 N–H and O–H groups in total. The van der Waals surface area contributed by atoms with Crippen LogP contribution in [0.15, 0.2) is 66.2 Å². The van der Waals surface area contributed by atoms with Crippen molar-refractivity contribution in [3.05, 3.63) is 93.0 Å². The Kier molecular flexibility index (Phi) is 6.55. The first kappa shape index (κ1) is 23.7. The number of hydrogen-bond acceptors (Lipinski definition) is 5. The van der Waals surface area contributed by atoms with Crippen molar-refractivity contribution in [2.45, 2.75) is 13.0 Å². The van der Waals surface area contributed by atoms with Crippen LogP contribution in [0.1, 0.15) is 22.7 Å². The molecule has 1 fully saturated rings. The van der Waals surface area contributed by atoms with Crippen molar-refractivity contribution in [3.8, 4) is 11.5 Å². The quantitative estimate of drug-likeness (QED) is 0.268. The zero-order valence-electron chi connectivity index (χ0n) is 18.6. The molecule has 0 aliphatic carbocycles. The number of ketones is 1. The van der Waals surface area contributed by atoms with Gasteiger partial charge in [0.1, 0.15) is 10.8 Å². The Morgan fingerprint density at radius 2 is 1.62 bits per heavy atom. The first-order chi connectivity index (χ1) is 16.3. The summed E-state index contributed by atoms with van der Waals surface area (Å²) in [5.41, 5.74) is 2.07. The monoisotopic (exact) mass is 497 g/mol. The first-order valence-electron chi connectivity index (χ1n) is 10.3. The second-order valence-corrected chi connectivity index (χ2v) is 8.49. The van der Waals surface area contributed by atoms with E-state index in [0.717, 1.165) is 5.56 Å². The lowest BCUT2D eigenvalue weighted by atomic mass is 9.94. The highest BCUT2D eigenvalue weighted by atomic mass is 35.5. The molecular formula is C26H21Cl2NO5. The number of aryl methyl sites for hydroxylation is 1. The third kappa shape index (κ3) is 3.89. The maximum absolute atomic E-state index is 13.3. The molecule has 3 aromatic rings. The number of carbonyl (C=O) groups is 2. The maximum atomic E-state index is 13.3. The number of methoxy groups -OCH3 is 2. The minimum absolute atomic E-state index is 0.0308. The number of aliphatic hydroxyl groups is 1. The third-order valence-electron chi connectivity index (χ3n) is 5.63. The fourth-order valence-corrected chi connectivity index (χ4v) is 4.81. The summed E-state index contributed by atoms with van der Waals surface area (Å²) < 4.78 is 10.6. The van der Waals surface area contributed by atoms with Crippen LogP contribution in [0.5, 0.6) is 11.5 Å². The highest BCUT2D eigenvalue weighted by Gasteiger charge is 2.47. The van der Waals surface area contributed by atoms with Crippen LogP contribution in [0.3, 0.4) is 0 Å². The first-order valence-corrected chi connectivity index (χ1v) is 11.1. The summed E-state index contributed by atoms with van der Waals surface area (Å²) in [6.07, 6.45) is 0. The summed E-state index contributed by atoms with van der Waals surface area (Å²) in [4.78, 5) is 28.0. The van der Waals surface area contributed by atoms with Crippen LogP contribution < -0.4 is 14.4 Å². The van der Waals surface area contributed by atoms with Gasteiger partial charge < -0.3 is 14.6 Å². The number of halogens is 2. The van der Waals surface area contributed by atoms with E-state index in [1.54, 1.807) is 36.4 Å². The predicted molar refractivity (Wildman–Crippen MR) is 132 cm³/mol. The molecule has 1 amide bonds. The van der Waals surface area contributed by atoms with Gasteiger partial charge in [0.05, 0.1) is 36.4 Å². The number of carbonyl (C=O) groups excluding carboxylic acids is 2. The summed E-state index contributed by atoms with van der Waals surface area (Å²) in [6, 6.07) is 16.8. The molecule has 1 heterocycles. The summed E-state index contributed by atoms with van der Waals surface area (Å²) in [7, 11) is 2.76. The molecule has 1 aliphatic heterocycles. The molecule has 0 radical (unpaired) electrons. The van der Waals surface area contributed by atoms with Gasteiger partial charge in [0.25, 0.3) is 11.7 Å². The van der Waals surface area contributed by atoms with E-state index in [-0.39, 0.29) is 32.7 Å². The Hall–Kier alpha value is -3.48. The normalized spacial score (nSPS) is 17.2. The molecule has 4 rings (SSSR count). The summed E-state index contributed by atoms with van der Waals surface area (Å²) >= 11 is 12.7. The van der Waals surface area contributed by atoms with Gasteiger partial charge in [0.15, 0.2) is 11.5 Å². The topological polar surface area (TPSA) is 76.1 Å². The second kappa shape index (κ2) is 9.41. The fraction of sp³-hybridized carbons (Fsp3) is 0.154. The van der Waals surface area contributed by atoms with Gasteiger partial charge in [0, 0.05) is 5.69 Å². The van der Waals surface area contributed by atoms with Crippen molar-refractivity contribution >= 4 is 46.3 Å². The minimum atomic E-state index is -0.882. The fourth-order valence-electron chi connectivity index (χ4n) is 4.12. The maximum Gasteiger partial charge on any atom is 0.300 e. The molecule has 0 bridgehead atoms. The van der Waals surface area contributed by atoms with Gasteiger partial charge in [-0.15, -0.1) is 0 Å². The molecule has 0 spiro atoms. The Morgan fingerprint density at radius 1 is 0.941 bits per heavy atom. The molecule has 0 saturated carbocycles. The number of ether oxygens (including phenoxy) is 2. The van der Waals surface area contributed by atoms with Crippen LogP contribution in [0.2, 0.25) is 10.0 Å². The lowest BCUT2D eigenvalue weighted by Gasteiger charge is -2.26. The van der Waals surface area contributed by atoms with Crippen LogP contribution in [0.25, 0.3) is 5.76 Å². The van der Waals surface area contributed by atoms with Gasteiger partial charge in [-0.3, -0.25) is 14.5 Å². The smallest absolute Gasteiger partial charge is 0.300 e. The summed E-state index contributed by atoms with van der Waals surface area (Å²) in [6.45, 7) is 1.89. The van der Waals surface area contributed by atoms with Crippen LogP contribution >= 0.6 is 23.2 Å². The Labute approximate surface area is 206 Å². The molecule has 34 heavy (non-hydrogen) atoms. The van der Waals surface area contributed by atoms with E-state index in [1.165, 1.54) is 25.2 Å². The van der Waals surface area contributed by atoms with Gasteiger partial charge in [-0.05, 0) is 36.2 Å². The Morgan fingerprint density at radius 3 is 2.24 bits per heavy atom. The van der Waals surface area contributed by atoms with Crippen molar-refractivity contribution in [1.82, 2.24) is 0 Å². The summed E-state index contributed by atoms with van der Waals surface area (Å²) in [5.74, 6) is -1.82. The van der Waals surface area contributed by atoms with Gasteiger partial charge in [-0.25, -0.2) is 0 Å². The predicted octanol–water partition coefficient (Wildman–Crippen LogP) is 5.95. The molecule has 1 unspecified atom stereocenters. The van der Waals surface area contributed by atoms with E-state index in [1.807, 2.05) is 25.1 Å². The number of nitrogens with zero attached hydrogens (tertiary/aromatic N) is 1. The highest BCUT2D eigenvalue weighted by Crippen LogP contribution is 2.48. The van der Waals surface area contributed by atoms with Crippen molar-refractivity contribution in [3.63, 3.8) is 0 Å². The van der Waals surface area contributed by atoms with E-state index in [4.69, 9.17) is 32.7 Å².